The number of amides is 2. The summed E-state index contributed by atoms with van der Waals surface area (Å²) in [4.78, 5) is 39.5. The van der Waals surface area contributed by atoms with E-state index >= 15 is 0 Å². The van der Waals surface area contributed by atoms with E-state index in [1.807, 2.05) is 6.07 Å². The van der Waals surface area contributed by atoms with E-state index in [-0.39, 0.29) is 22.5 Å². The first-order chi connectivity index (χ1) is 17.4. The fourth-order valence-corrected chi connectivity index (χ4v) is 4.41. The summed E-state index contributed by atoms with van der Waals surface area (Å²) in [6, 6.07) is 12.3. The monoisotopic (exact) mass is 506 g/mol. The van der Waals surface area contributed by atoms with E-state index in [4.69, 9.17) is 0 Å². The highest BCUT2D eigenvalue weighted by molar-refractivity contribution is 6.05. The molecule has 2 amide bonds. The first-order valence-electron chi connectivity index (χ1n) is 11.1. The number of halogens is 3. The zero-order chi connectivity index (χ0) is 27.1. The Morgan fingerprint density at radius 2 is 1.81 bits per heavy atom. The van der Waals surface area contributed by atoms with Crippen LogP contribution in [0.25, 0.3) is 11.1 Å². The van der Waals surface area contributed by atoms with Crippen LogP contribution in [-0.2, 0) is 18.0 Å². The number of nitrogens with one attached hydrogen (secondary N) is 1. The number of alkyl halides is 3. The van der Waals surface area contributed by atoms with Crippen molar-refractivity contribution in [3.05, 3.63) is 99.1 Å². The standard InChI is InChI=1S/C27H21F3N4O3/c1-15-24(16(2)35)25(32-26(37)34(15)20-6-4-5-19(13-20)27(28,29)30)21-8-7-17(14-31)11-22(21)18-9-10-33(3)23(36)12-18/h4-13,25H,1-3H3,(H,32,37). The topological polar surface area (TPSA) is 95.2 Å². The number of hydrogen-bond acceptors (Lipinski definition) is 4. The van der Waals surface area contributed by atoms with Crippen molar-refractivity contribution in [3.8, 4) is 17.2 Å². The molecule has 0 saturated carbocycles. The van der Waals surface area contributed by atoms with E-state index in [9.17, 15) is 32.8 Å². The van der Waals surface area contributed by atoms with Gasteiger partial charge < -0.3 is 9.88 Å². The van der Waals surface area contributed by atoms with Crippen LogP contribution in [0.4, 0.5) is 23.7 Å². The Labute approximate surface area is 210 Å². The summed E-state index contributed by atoms with van der Waals surface area (Å²) in [7, 11) is 1.59. The average molecular weight is 506 g/mol. The first-order valence-corrected chi connectivity index (χ1v) is 11.1. The number of urea groups is 1. The van der Waals surface area contributed by atoms with Crippen LogP contribution in [-0.4, -0.2) is 16.4 Å². The predicted molar refractivity (Wildman–Crippen MR) is 130 cm³/mol. The van der Waals surface area contributed by atoms with Crippen LogP contribution in [0.2, 0.25) is 0 Å². The van der Waals surface area contributed by atoms with Crippen LogP contribution in [0.3, 0.4) is 0 Å². The summed E-state index contributed by atoms with van der Waals surface area (Å²) in [6.07, 6.45) is -3.06. The van der Waals surface area contributed by atoms with Gasteiger partial charge in [0.2, 0.25) is 0 Å². The van der Waals surface area contributed by atoms with Gasteiger partial charge in [-0.3, -0.25) is 14.5 Å². The maximum Gasteiger partial charge on any atom is 0.416 e. The summed E-state index contributed by atoms with van der Waals surface area (Å²) in [6.45, 7) is 2.79. The molecule has 0 fully saturated rings. The van der Waals surface area contributed by atoms with Crippen molar-refractivity contribution < 1.29 is 22.8 Å². The van der Waals surface area contributed by atoms with Crippen molar-refractivity contribution >= 4 is 17.5 Å². The molecule has 1 atom stereocenters. The van der Waals surface area contributed by atoms with E-state index in [0.29, 0.717) is 22.3 Å². The Balaban J connectivity index is 1.91. The van der Waals surface area contributed by atoms with Gasteiger partial charge in [0.25, 0.3) is 5.56 Å². The van der Waals surface area contributed by atoms with E-state index < -0.39 is 29.6 Å². The van der Waals surface area contributed by atoms with Gasteiger partial charge in [-0.15, -0.1) is 0 Å². The van der Waals surface area contributed by atoms with E-state index in [2.05, 4.69) is 5.32 Å². The third kappa shape index (κ3) is 4.76. The number of hydrogen-bond donors (Lipinski definition) is 1. The molecule has 188 valence electrons. The predicted octanol–water partition coefficient (Wildman–Crippen LogP) is 5.08. The van der Waals surface area contributed by atoms with Gasteiger partial charge in [0.05, 0.1) is 28.9 Å². The van der Waals surface area contributed by atoms with E-state index in [0.717, 1.165) is 17.0 Å². The smallest absolute Gasteiger partial charge is 0.326 e. The Kier molecular flexibility index (Phi) is 6.48. The van der Waals surface area contributed by atoms with Gasteiger partial charge >= 0.3 is 12.2 Å². The van der Waals surface area contributed by atoms with Gasteiger partial charge in [-0.2, -0.15) is 18.4 Å². The minimum Gasteiger partial charge on any atom is -0.326 e. The molecule has 0 saturated heterocycles. The molecule has 1 unspecified atom stereocenters. The van der Waals surface area contributed by atoms with Crippen LogP contribution < -0.4 is 15.8 Å². The number of aromatic nitrogens is 1. The molecule has 1 aromatic heterocycles. The maximum atomic E-state index is 13.3. The number of pyridine rings is 1. The van der Waals surface area contributed by atoms with Crippen molar-refractivity contribution in [1.29, 1.82) is 5.26 Å². The quantitative estimate of drug-likeness (QED) is 0.534. The van der Waals surface area contributed by atoms with Gasteiger partial charge in [-0.25, -0.2) is 4.79 Å². The molecular weight excluding hydrogens is 485 g/mol. The lowest BCUT2D eigenvalue weighted by Crippen LogP contribution is -2.48. The molecule has 10 heteroatoms. The van der Waals surface area contributed by atoms with Crippen molar-refractivity contribution in [2.24, 2.45) is 7.05 Å². The van der Waals surface area contributed by atoms with E-state index in [1.165, 1.54) is 42.7 Å². The lowest BCUT2D eigenvalue weighted by Gasteiger charge is -2.36. The maximum absolute atomic E-state index is 13.3. The van der Waals surface area contributed by atoms with Gasteiger partial charge in [0, 0.05) is 30.6 Å². The number of carbonyl (C=O) groups is 2. The number of Topliss-reactive ketones (excluding diaryl/α,β-unsaturated/α-hetero) is 1. The fraction of sp³-hybridized carbons (Fsp3) is 0.185. The summed E-state index contributed by atoms with van der Waals surface area (Å²) in [5, 5.41) is 12.2. The number of benzene rings is 2. The second-order valence-corrected chi connectivity index (χ2v) is 8.60. The lowest BCUT2D eigenvalue weighted by molar-refractivity contribution is -0.137. The molecule has 0 spiro atoms. The number of carbonyl (C=O) groups excluding carboxylic acids is 2. The van der Waals surface area contributed by atoms with Gasteiger partial charge in [0.15, 0.2) is 5.78 Å². The Hall–Kier alpha value is -4.65. The normalized spacial score (nSPS) is 15.9. The minimum atomic E-state index is -4.62. The van der Waals surface area contributed by atoms with Gasteiger partial charge in [-0.1, -0.05) is 12.1 Å². The SMILES string of the molecule is CC(=O)C1=C(C)N(c2cccc(C(F)(F)F)c2)C(=O)NC1c1ccc(C#N)cc1-c1ccn(C)c(=O)c1. The third-order valence-corrected chi connectivity index (χ3v) is 6.20. The molecule has 2 aromatic carbocycles. The number of allylic oxidation sites excluding steroid dienone is 1. The second-order valence-electron chi connectivity index (χ2n) is 8.60. The van der Waals surface area contributed by atoms with E-state index in [1.54, 1.807) is 31.4 Å². The highest BCUT2D eigenvalue weighted by atomic mass is 19.4. The number of ketones is 1. The summed E-state index contributed by atoms with van der Waals surface area (Å²) >= 11 is 0. The molecule has 0 bridgehead atoms. The fourth-order valence-electron chi connectivity index (χ4n) is 4.41. The number of aryl methyl sites for hydroxylation is 1. The highest BCUT2D eigenvalue weighted by Gasteiger charge is 2.37. The average Bonchev–Trinajstić information content (AvgIpc) is 2.84. The molecule has 1 aliphatic heterocycles. The van der Waals surface area contributed by atoms with Crippen LogP contribution in [0, 0.1) is 11.3 Å². The summed E-state index contributed by atoms with van der Waals surface area (Å²) < 4.78 is 41.3. The molecule has 3 aromatic rings. The number of nitrogens with zero attached hydrogens (tertiary/aromatic N) is 3. The summed E-state index contributed by atoms with van der Waals surface area (Å²) in [5.41, 5.74) is 0.739. The van der Waals surface area contributed by atoms with Crippen LogP contribution in [0.15, 0.2) is 76.9 Å². The van der Waals surface area contributed by atoms with Crippen LogP contribution in [0.1, 0.15) is 36.6 Å². The van der Waals surface area contributed by atoms with Crippen molar-refractivity contribution in [1.82, 2.24) is 9.88 Å². The van der Waals surface area contributed by atoms with Crippen molar-refractivity contribution in [2.45, 2.75) is 26.1 Å². The molecule has 37 heavy (non-hydrogen) atoms. The number of rotatable bonds is 4. The third-order valence-electron chi connectivity index (χ3n) is 6.20. The summed E-state index contributed by atoms with van der Waals surface area (Å²) in [5.74, 6) is -0.404. The molecule has 7 nitrogen and oxygen atoms in total. The Morgan fingerprint density at radius 3 is 2.43 bits per heavy atom. The van der Waals surface area contributed by atoms with Crippen molar-refractivity contribution in [3.63, 3.8) is 0 Å². The lowest BCUT2D eigenvalue weighted by atomic mass is 9.86. The molecule has 2 heterocycles. The minimum absolute atomic E-state index is 0.0476. The van der Waals surface area contributed by atoms with Gasteiger partial charge in [-0.05, 0) is 66.9 Å². The molecule has 0 aliphatic carbocycles. The second kappa shape index (κ2) is 9.43. The highest BCUT2D eigenvalue weighted by Crippen LogP contribution is 2.39. The zero-order valence-corrected chi connectivity index (χ0v) is 20.1. The molecular formula is C27H21F3N4O3. The van der Waals surface area contributed by atoms with Crippen LogP contribution >= 0.6 is 0 Å². The molecule has 0 radical (unpaired) electrons. The van der Waals surface area contributed by atoms with Gasteiger partial charge in [0.1, 0.15) is 0 Å². The number of nitriles is 1. The van der Waals surface area contributed by atoms with Crippen molar-refractivity contribution in [2.75, 3.05) is 4.90 Å². The first kappa shape index (κ1) is 25.4. The Morgan fingerprint density at radius 1 is 1.08 bits per heavy atom. The van der Waals surface area contributed by atoms with Crippen LogP contribution in [0.5, 0.6) is 0 Å². The largest absolute Gasteiger partial charge is 0.416 e. The molecule has 1 aliphatic rings. The molecule has 1 N–H and O–H groups in total. The Bertz CT molecular complexity index is 1560. The number of anilines is 1. The zero-order valence-electron chi connectivity index (χ0n) is 20.1. The molecule has 4 rings (SSSR count).